The molecule has 3 rings (SSSR count). The fourth-order valence-corrected chi connectivity index (χ4v) is 4.89. The number of rotatable bonds is 5. The van der Waals surface area contributed by atoms with Crippen molar-refractivity contribution in [2.75, 3.05) is 13.2 Å². The van der Waals surface area contributed by atoms with Crippen LogP contribution in [0, 0.1) is 17.8 Å². The topological polar surface area (TPSA) is 119 Å². The summed E-state index contributed by atoms with van der Waals surface area (Å²) in [7, 11) is 0. The summed E-state index contributed by atoms with van der Waals surface area (Å²) in [6, 6.07) is 0. The minimum absolute atomic E-state index is 0.0275. The molecule has 8 heteroatoms. The summed E-state index contributed by atoms with van der Waals surface area (Å²) in [4.78, 5) is 36.2. The van der Waals surface area contributed by atoms with Gasteiger partial charge in [0.05, 0.1) is 23.7 Å². The molecule has 0 amide bonds. The summed E-state index contributed by atoms with van der Waals surface area (Å²) >= 11 is 0. The van der Waals surface area contributed by atoms with E-state index in [-0.39, 0.29) is 36.0 Å². The Morgan fingerprint density at radius 1 is 1.40 bits per heavy atom. The third kappa shape index (κ3) is 4.06. The maximum Gasteiger partial charge on any atom is 0.337 e. The molecule has 0 aromatic heterocycles. The zero-order valence-electron chi connectivity index (χ0n) is 17.4. The average Bonchev–Trinajstić information content (AvgIpc) is 3.15. The second-order valence-electron chi connectivity index (χ2n) is 8.43. The fraction of sp³-hybridized carbons (Fsp3) is 0.591. The van der Waals surface area contributed by atoms with Crippen molar-refractivity contribution >= 4 is 17.9 Å². The Hall–Kier alpha value is -2.45. The molecule has 0 bridgehead atoms. The Balaban J connectivity index is 1.91. The molecule has 0 aromatic rings. The molecule has 6 atom stereocenters. The highest BCUT2D eigenvalue weighted by molar-refractivity contribution is 5.92. The van der Waals surface area contributed by atoms with E-state index in [1.165, 1.54) is 13.0 Å². The van der Waals surface area contributed by atoms with E-state index >= 15 is 0 Å². The number of ether oxygens (including phenoxy) is 3. The van der Waals surface area contributed by atoms with Crippen LogP contribution >= 0.6 is 0 Å². The normalized spacial score (nSPS) is 35.7. The fourth-order valence-electron chi connectivity index (χ4n) is 4.89. The van der Waals surface area contributed by atoms with Crippen molar-refractivity contribution in [3.05, 3.63) is 35.5 Å². The van der Waals surface area contributed by atoms with Crippen LogP contribution in [0.4, 0.5) is 0 Å². The van der Waals surface area contributed by atoms with Crippen LogP contribution in [-0.2, 0) is 28.6 Å². The van der Waals surface area contributed by atoms with Crippen LogP contribution in [0.15, 0.2) is 35.5 Å². The summed E-state index contributed by atoms with van der Waals surface area (Å²) in [6.45, 7) is 7.91. The highest BCUT2D eigenvalue weighted by Gasteiger charge is 2.58. The molecular weight excluding hydrogens is 392 g/mol. The number of hydrogen-bond acceptors (Lipinski definition) is 8. The first-order chi connectivity index (χ1) is 14.1. The molecule has 2 N–H and O–H groups in total. The van der Waals surface area contributed by atoms with Gasteiger partial charge < -0.3 is 24.4 Å². The molecule has 2 fully saturated rings. The van der Waals surface area contributed by atoms with E-state index in [9.17, 15) is 24.6 Å². The largest absolute Gasteiger partial charge is 0.461 e. The summed E-state index contributed by atoms with van der Waals surface area (Å²) in [5, 5.41) is 20.4. The number of esters is 3. The number of aliphatic hydroxyl groups excluding tert-OH is 1. The van der Waals surface area contributed by atoms with Crippen LogP contribution in [0.25, 0.3) is 0 Å². The summed E-state index contributed by atoms with van der Waals surface area (Å²) < 4.78 is 16.2. The Labute approximate surface area is 175 Å². The number of fused-ring (bicyclic) bond motifs is 3. The number of carbonyl (C=O) groups excluding carboxylic acids is 3. The van der Waals surface area contributed by atoms with Crippen LogP contribution in [0.3, 0.4) is 0 Å². The number of hydrogen-bond donors (Lipinski definition) is 2. The Kier molecular flexibility index (Phi) is 6.19. The molecule has 1 aliphatic heterocycles. The van der Waals surface area contributed by atoms with Gasteiger partial charge in [0, 0.05) is 30.8 Å². The Morgan fingerprint density at radius 2 is 2.10 bits per heavy atom. The maximum absolute atomic E-state index is 12.8. The summed E-state index contributed by atoms with van der Waals surface area (Å²) in [6.07, 6.45) is 2.53. The van der Waals surface area contributed by atoms with E-state index in [4.69, 9.17) is 14.2 Å². The SMILES string of the molecule is C=C1C(=O)O[C@@H]2[C@H]3C(C)=CC[C@H]3[C@](C)(O)C[C@@H](OC(=O)/C(=C/CO)COC(C)=O)[C@@H]12. The second kappa shape index (κ2) is 8.35. The van der Waals surface area contributed by atoms with Crippen molar-refractivity contribution in [1.82, 2.24) is 0 Å². The molecule has 0 unspecified atom stereocenters. The van der Waals surface area contributed by atoms with E-state index in [0.717, 1.165) is 5.57 Å². The lowest BCUT2D eigenvalue weighted by molar-refractivity contribution is -0.151. The van der Waals surface area contributed by atoms with Crippen LogP contribution in [0.5, 0.6) is 0 Å². The first kappa shape index (κ1) is 22.2. The molecule has 0 radical (unpaired) electrons. The molecule has 0 aromatic carbocycles. The molecule has 2 aliphatic carbocycles. The first-order valence-electron chi connectivity index (χ1n) is 10.00. The van der Waals surface area contributed by atoms with Crippen LogP contribution in [0.1, 0.15) is 33.6 Å². The van der Waals surface area contributed by atoms with E-state index < -0.39 is 48.2 Å². The monoisotopic (exact) mass is 420 g/mol. The predicted octanol–water partition coefficient (Wildman–Crippen LogP) is 1.21. The van der Waals surface area contributed by atoms with E-state index in [2.05, 4.69) is 6.58 Å². The lowest BCUT2D eigenvalue weighted by Crippen LogP contribution is -2.40. The third-order valence-corrected chi connectivity index (χ3v) is 6.37. The van der Waals surface area contributed by atoms with Crippen molar-refractivity contribution in [1.29, 1.82) is 0 Å². The van der Waals surface area contributed by atoms with Gasteiger partial charge in [-0.2, -0.15) is 0 Å². The van der Waals surface area contributed by atoms with Gasteiger partial charge in [-0.15, -0.1) is 0 Å². The molecule has 1 saturated heterocycles. The zero-order chi connectivity index (χ0) is 22.2. The molecule has 3 aliphatic rings. The van der Waals surface area contributed by atoms with Crippen LogP contribution in [-0.4, -0.2) is 59.1 Å². The van der Waals surface area contributed by atoms with Crippen molar-refractivity contribution in [3.63, 3.8) is 0 Å². The minimum Gasteiger partial charge on any atom is -0.461 e. The second-order valence-corrected chi connectivity index (χ2v) is 8.43. The summed E-state index contributed by atoms with van der Waals surface area (Å²) in [5.41, 5.74) is 0.0415. The Morgan fingerprint density at radius 3 is 2.73 bits per heavy atom. The summed E-state index contributed by atoms with van der Waals surface area (Å²) in [5.74, 6) is -2.88. The van der Waals surface area contributed by atoms with Gasteiger partial charge in [-0.05, 0) is 26.3 Å². The van der Waals surface area contributed by atoms with Crippen molar-refractivity contribution in [2.24, 2.45) is 17.8 Å². The maximum atomic E-state index is 12.8. The minimum atomic E-state index is -1.17. The van der Waals surface area contributed by atoms with Gasteiger partial charge in [-0.25, -0.2) is 9.59 Å². The predicted molar refractivity (Wildman–Crippen MR) is 105 cm³/mol. The van der Waals surface area contributed by atoms with Gasteiger partial charge >= 0.3 is 17.9 Å². The zero-order valence-corrected chi connectivity index (χ0v) is 17.4. The van der Waals surface area contributed by atoms with Gasteiger partial charge in [-0.1, -0.05) is 18.2 Å². The van der Waals surface area contributed by atoms with Crippen molar-refractivity contribution < 1.29 is 38.8 Å². The van der Waals surface area contributed by atoms with E-state index in [0.29, 0.717) is 6.42 Å². The Bertz CT molecular complexity index is 821. The molecule has 0 spiro atoms. The molecule has 8 nitrogen and oxygen atoms in total. The molecule has 164 valence electrons. The molecular formula is C22H28O8. The quantitative estimate of drug-likeness (QED) is 0.295. The third-order valence-electron chi connectivity index (χ3n) is 6.37. The van der Waals surface area contributed by atoms with Crippen LogP contribution < -0.4 is 0 Å². The first-order valence-corrected chi connectivity index (χ1v) is 10.00. The lowest BCUT2D eigenvalue weighted by Gasteiger charge is -2.34. The van der Waals surface area contributed by atoms with Gasteiger partial charge in [0.25, 0.3) is 0 Å². The van der Waals surface area contributed by atoms with Crippen LogP contribution in [0.2, 0.25) is 0 Å². The van der Waals surface area contributed by atoms with Crippen molar-refractivity contribution in [3.8, 4) is 0 Å². The highest BCUT2D eigenvalue weighted by atomic mass is 16.6. The van der Waals surface area contributed by atoms with Gasteiger partial charge in [0.15, 0.2) is 0 Å². The number of allylic oxidation sites excluding steroid dienone is 1. The van der Waals surface area contributed by atoms with E-state index in [1.54, 1.807) is 6.92 Å². The van der Waals surface area contributed by atoms with Crippen molar-refractivity contribution in [2.45, 2.75) is 51.4 Å². The average molecular weight is 420 g/mol. The molecule has 1 saturated carbocycles. The molecule has 30 heavy (non-hydrogen) atoms. The van der Waals surface area contributed by atoms with Gasteiger partial charge in [0.1, 0.15) is 18.8 Å². The standard InChI is InChI=1S/C22H28O8/c1-11-5-6-15-17(11)19-18(12(2)20(25)30-19)16(9-22(15,4)27)29-21(26)14(7-8-23)10-28-13(3)24/h5,7,15-19,23,27H,2,6,8-10H2,1,3-4H3/b14-7+/t15-,16-,17+,18-,19-,22-/m1/s1. The van der Waals surface area contributed by atoms with E-state index in [1.807, 2.05) is 13.0 Å². The molecule has 1 heterocycles. The number of aliphatic hydroxyl groups is 2. The van der Waals surface area contributed by atoms with Gasteiger partial charge in [-0.3, -0.25) is 4.79 Å². The van der Waals surface area contributed by atoms with Gasteiger partial charge in [0.2, 0.25) is 0 Å². The number of carbonyl (C=O) groups is 3. The highest BCUT2D eigenvalue weighted by Crippen LogP contribution is 2.52. The lowest BCUT2D eigenvalue weighted by atomic mass is 9.76. The smallest absolute Gasteiger partial charge is 0.337 e.